The van der Waals surface area contributed by atoms with Crippen molar-refractivity contribution in [1.29, 1.82) is 0 Å². The smallest absolute Gasteiger partial charge is 0.275 e. The van der Waals surface area contributed by atoms with Crippen molar-refractivity contribution in [3.05, 3.63) is 25.3 Å². The normalized spacial score (nSPS) is 15.0. The van der Waals surface area contributed by atoms with E-state index >= 15 is 0 Å². The van der Waals surface area contributed by atoms with Gasteiger partial charge in [-0.15, -0.1) is 13.2 Å². The number of thiol groups is 2. The van der Waals surface area contributed by atoms with Crippen molar-refractivity contribution in [3.63, 3.8) is 0 Å². The minimum absolute atomic E-state index is 0.201. The van der Waals surface area contributed by atoms with Gasteiger partial charge in [0.2, 0.25) is 0 Å². The average Bonchev–Trinajstić information content (AvgIpc) is 2.36. The highest BCUT2D eigenvalue weighted by Gasteiger charge is 2.25. The molecule has 0 aliphatic carbocycles. The van der Waals surface area contributed by atoms with E-state index in [0.29, 0.717) is 0 Å². The van der Waals surface area contributed by atoms with Crippen molar-refractivity contribution in [2.45, 2.75) is 6.42 Å². The largest absolute Gasteiger partial charge is 0.364 e. The third-order valence-corrected chi connectivity index (χ3v) is 12.0. The van der Waals surface area contributed by atoms with Gasteiger partial charge in [0.05, 0.1) is 24.7 Å². The van der Waals surface area contributed by atoms with Crippen LogP contribution in [0.1, 0.15) is 6.42 Å². The Morgan fingerprint density at radius 3 is 1.35 bits per heavy atom. The highest BCUT2D eigenvalue weighted by Crippen LogP contribution is 2.17. The van der Waals surface area contributed by atoms with Crippen LogP contribution in [0, 0.1) is 0 Å². The van der Waals surface area contributed by atoms with Gasteiger partial charge in [-0.1, -0.05) is 30.6 Å². The van der Waals surface area contributed by atoms with Crippen LogP contribution in [0.4, 0.5) is 0 Å². The third-order valence-electron chi connectivity index (χ3n) is 2.27. The Morgan fingerprint density at radius 2 is 1.13 bits per heavy atom. The van der Waals surface area contributed by atoms with Crippen molar-refractivity contribution in [1.82, 2.24) is 0 Å². The molecule has 0 saturated heterocycles. The van der Waals surface area contributed by atoms with Crippen molar-refractivity contribution in [2.75, 3.05) is 24.7 Å². The van der Waals surface area contributed by atoms with E-state index in [1.54, 1.807) is 0 Å². The standard InChI is InChI=1S/C9H20O10S4/c1-3-8-20(10,22(12,13)14)18-6-5-7-19-21(11,9-4-2)23(15,16)17/h3-4,20-21H,1-2,5-9H2,(H,12,13,14)(H,15,16,17). The second-order valence-electron chi connectivity index (χ2n) is 4.08. The van der Waals surface area contributed by atoms with Gasteiger partial charge in [-0.05, 0) is 6.42 Å². The zero-order valence-corrected chi connectivity index (χ0v) is 15.4. The summed E-state index contributed by atoms with van der Waals surface area (Å²) in [6.45, 7) is 5.39. The molecule has 0 amide bonds. The van der Waals surface area contributed by atoms with Gasteiger partial charge in [0.1, 0.15) is 0 Å². The van der Waals surface area contributed by atoms with Gasteiger partial charge in [0.25, 0.3) is 0 Å². The summed E-state index contributed by atoms with van der Waals surface area (Å²) in [5.41, 5.74) is 0. The summed E-state index contributed by atoms with van der Waals surface area (Å²) in [4.78, 5) is 0. The molecule has 140 valence electrons. The molecule has 14 heteroatoms. The molecule has 2 N–H and O–H groups in total. The summed E-state index contributed by atoms with van der Waals surface area (Å²) in [5.74, 6) is -1.24. The van der Waals surface area contributed by atoms with E-state index in [1.807, 2.05) is 0 Å². The van der Waals surface area contributed by atoms with Crippen molar-refractivity contribution >= 4 is 36.8 Å². The number of hydrogen-bond acceptors (Lipinski definition) is 8. The Balaban J connectivity index is 4.69. The fraction of sp³-hybridized carbons (Fsp3) is 0.556. The van der Waals surface area contributed by atoms with Gasteiger partial charge < -0.3 is 0 Å². The van der Waals surface area contributed by atoms with E-state index in [4.69, 9.17) is 9.11 Å². The second-order valence-corrected chi connectivity index (χ2v) is 15.7. The zero-order valence-electron chi connectivity index (χ0n) is 12.0. The van der Waals surface area contributed by atoms with Gasteiger partial charge in [-0.2, -0.15) is 25.3 Å². The molecule has 0 aromatic heterocycles. The molecule has 0 aliphatic heterocycles. The van der Waals surface area contributed by atoms with E-state index in [0.717, 1.165) is 12.2 Å². The number of rotatable bonds is 12. The molecular formula is C9H20O10S4. The maximum atomic E-state index is 11.9. The second kappa shape index (κ2) is 8.57. The van der Waals surface area contributed by atoms with Gasteiger partial charge >= 0.3 is 18.3 Å². The van der Waals surface area contributed by atoms with Gasteiger partial charge in [-0.25, -0.2) is 0 Å². The Kier molecular flexibility index (Phi) is 8.39. The van der Waals surface area contributed by atoms with Crippen LogP contribution in [-0.2, 0) is 45.2 Å². The van der Waals surface area contributed by atoms with Crippen LogP contribution in [0.25, 0.3) is 0 Å². The highest BCUT2D eigenvalue weighted by molar-refractivity contribution is 8.68. The van der Waals surface area contributed by atoms with E-state index in [-0.39, 0.29) is 6.42 Å². The molecule has 0 unspecified atom stereocenters. The van der Waals surface area contributed by atoms with E-state index in [1.165, 1.54) is 0 Å². The molecule has 0 aromatic rings. The summed E-state index contributed by atoms with van der Waals surface area (Å²) >= 11 is 0. The van der Waals surface area contributed by atoms with E-state index < -0.39 is 61.5 Å². The summed E-state index contributed by atoms with van der Waals surface area (Å²) in [7, 11) is -18.8. The van der Waals surface area contributed by atoms with Crippen molar-refractivity contribution < 1.29 is 42.7 Å². The first kappa shape index (κ1) is 22.5. The highest BCUT2D eigenvalue weighted by atomic mass is 33.2. The first-order chi connectivity index (χ1) is 10.3. The molecule has 0 spiro atoms. The summed E-state index contributed by atoms with van der Waals surface area (Å²) in [6.07, 6.45) is 1.77. The molecule has 0 bridgehead atoms. The van der Waals surface area contributed by atoms with Gasteiger partial charge in [0.15, 0.2) is 0 Å². The van der Waals surface area contributed by atoms with Gasteiger partial charge in [0, 0.05) is 0 Å². The molecule has 0 aromatic carbocycles. The predicted octanol–water partition coefficient (Wildman–Crippen LogP) is -0.749. The summed E-state index contributed by atoms with van der Waals surface area (Å²) in [6, 6.07) is 0. The molecule has 0 atom stereocenters. The Hall–Kier alpha value is -0.480. The van der Waals surface area contributed by atoms with Crippen LogP contribution in [0.3, 0.4) is 0 Å². The number of hydrogen-bond donors (Lipinski definition) is 4. The van der Waals surface area contributed by atoms with Crippen LogP contribution in [0.5, 0.6) is 0 Å². The van der Waals surface area contributed by atoms with Crippen molar-refractivity contribution in [3.8, 4) is 0 Å². The third kappa shape index (κ3) is 6.50. The first-order valence-electron chi connectivity index (χ1n) is 5.97. The minimum atomic E-state index is -4.96. The maximum Gasteiger partial charge on any atom is 0.364 e. The van der Waals surface area contributed by atoms with Crippen LogP contribution in [-0.4, -0.2) is 59.1 Å². The summed E-state index contributed by atoms with van der Waals surface area (Å²) in [5, 5.41) is 0. The van der Waals surface area contributed by atoms with Crippen LogP contribution < -0.4 is 0 Å². The lowest BCUT2D eigenvalue weighted by Crippen LogP contribution is -2.31. The first-order valence-corrected chi connectivity index (χ1v) is 13.7. The fourth-order valence-electron chi connectivity index (χ4n) is 1.21. The molecule has 23 heavy (non-hydrogen) atoms. The topological polar surface area (TPSA) is 161 Å². The summed E-state index contributed by atoms with van der Waals surface area (Å²) < 4.78 is 94.8. The Labute approximate surface area is 136 Å². The lowest BCUT2D eigenvalue weighted by atomic mass is 10.5. The zero-order chi connectivity index (χ0) is 18.4. The Morgan fingerprint density at radius 1 is 0.826 bits per heavy atom. The average molecular weight is 417 g/mol. The fourth-order valence-corrected chi connectivity index (χ4v) is 6.52. The molecule has 0 radical (unpaired) electrons. The van der Waals surface area contributed by atoms with Crippen LogP contribution in [0.2, 0.25) is 0 Å². The van der Waals surface area contributed by atoms with Gasteiger partial charge in [-0.3, -0.25) is 17.5 Å². The minimum Gasteiger partial charge on any atom is -0.275 e. The monoisotopic (exact) mass is 416 g/mol. The molecule has 0 heterocycles. The molecule has 10 nitrogen and oxygen atoms in total. The molecule has 0 aliphatic rings. The quantitative estimate of drug-likeness (QED) is 0.105. The molecular weight excluding hydrogens is 396 g/mol. The lowest BCUT2D eigenvalue weighted by Gasteiger charge is -2.26. The van der Waals surface area contributed by atoms with Crippen LogP contribution >= 0.6 is 0 Å². The SMILES string of the molecule is C=CC[SH](=O)(OCCCO[SH](=O)(CC=C)S(=O)(=O)O)S(=O)(=O)O. The van der Waals surface area contributed by atoms with Crippen molar-refractivity contribution in [2.24, 2.45) is 0 Å². The van der Waals surface area contributed by atoms with E-state index in [2.05, 4.69) is 21.5 Å². The molecule has 0 saturated carbocycles. The molecule has 0 rings (SSSR count). The maximum absolute atomic E-state index is 11.9. The predicted molar refractivity (Wildman–Crippen MR) is 88.8 cm³/mol. The Bertz CT molecular complexity index is 657. The lowest BCUT2D eigenvalue weighted by molar-refractivity contribution is 0.270. The van der Waals surface area contributed by atoms with E-state index in [9.17, 15) is 25.3 Å². The molecule has 0 fully saturated rings. The van der Waals surface area contributed by atoms with Crippen LogP contribution in [0.15, 0.2) is 25.3 Å².